The van der Waals surface area contributed by atoms with Crippen LogP contribution in [0.5, 0.6) is 5.75 Å². The molecule has 3 rings (SSSR count). The summed E-state index contributed by atoms with van der Waals surface area (Å²) in [5.74, 6) is 1.78. The molecule has 0 spiro atoms. The molecule has 0 aliphatic heterocycles. The third kappa shape index (κ3) is 3.76. The first kappa shape index (κ1) is 14.0. The van der Waals surface area contributed by atoms with Gasteiger partial charge in [-0.2, -0.15) is 0 Å². The fourth-order valence-electron chi connectivity index (χ4n) is 2.27. The SMILES string of the molecule is CC=Cc1ccccc1OCc1occc1CNC1CC1. The van der Waals surface area contributed by atoms with Crippen LogP contribution in [-0.2, 0) is 13.2 Å². The number of ether oxygens (including phenoxy) is 1. The van der Waals surface area contributed by atoms with E-state index in [0.29, 0.717) is 12.6 Å². The van der Waals surface area contributed by atoms with Gasteiger partial charge >= 0.3 is 0 Å². The standard InChI is InChI=1S/C18H21NO2/c1-2-5-14-6-3-4-7-17(14)21-13-18-15(10-11-20-18)12-19-16-8-9-16/h2-7,10-11,16,19H,8-9,12-13H2,1H3. The van der Waals surface area contributed by atoms with E-state index in [4.69, 9.17) is 9.15 Å². The van der Waals surface area contributed by atoms with Gasteiger partial charge in [-0.05, 0) is 31.9 Å². The van der Waals surface area contributed by atoms with Gasteiger partial charge in [0.1, 0.15) is 18.1 Å². The number of para-hydroxylation sites is 1. The van der Waals surface area contributed by atoms with Gasteiger partial charge in [0.25, 0.3) is 0 Å². The van der Waals surface area contributed by atoms with E-state index in [2.05, 4.69) is 5.32 Å². The summed E-state index contributed by atoms with van der Waals surface area (Å²) in [5, 5.41) is 3.50. The van der Waals surface area contributed by atoms with Crippen molar-refractivity contribution in [1.29, 1.82) is 0 Å². The summed E-state index contributed by atoms with van der Waals surface area (Å²) >= 11 is 0. The van der Waals surface area contributed by atoms with Crippen LogP contribution in [0.15, 0.2) is 47.1 Å². The van der Waals surface area contributed by atoms with Gasteiger partial charge in [0, 0.05) is 23.7 Å². The summed E-state index contributed by atoms with van der Waals surface area (Å²) in [4.78, 5) is 0. The number of rotatable bonds is 7. The van der Waals surface area contributed by atoms with Crippen molar-refractivity contribution < 1.29 is 9.15 Å². The molecule has 0 atom stereocenters. The average molecular weight is 283 g/mol. The second kappa shape index (κ2) is 6.64. The molecule has 1 aromatic heterocycles. The number of hydrogen-bond donors (Lipinski definition) is 1. The molecule has 1 N–H and O–H groups in total. The van der Waals surface area contributed by atoms with Crippen LogP contribution in [0, 0.1) is 0 Å². The Kier molecular flexibility index (Phi) is 4.41. The molecule has 0 amide bonds. The number of allylic oxidation sites excluding steroid dienone is 1. The maximum absolute atomic E-state index is 5.92. The van der Waals surface area contributed by atoms with Crippen LogP contribution in [0.25, 0.3) is 6.08 Å². The largest absolute Gasteiger partial charge is 0.485 e. The van der Waals surface area contributed by atoms with Crippen LogP contribution in [0.4, 0.5) is 0 Å². The van der Waals surface area contributed by atoms with Crippen LogP contribution < -0.4 is 10.1 Å². The highest BCUT2D eigenvalue weighted by atomic mass is 16.5. The minimum Gasteiger partial charge on any atom is -0.485 e. The third-order valence-corrected chi connectivity index (χ3v) is 3.62. The van der Waals surface area contributed by atoms with Crippen LogP contribution >= 0.6 is 0 Å². The molecule has 0 saturated heterocycles. The second-order valence-electron chi connectivity index (χ2n) is 5.35. The van der Waals surface area contributed by atoms with Gasteiger partial charge in [0.05, 0.1) is 6.26 Å². The molecule has 3 nitrogen and oxygen atoms in total. The van der Waals surface area contributed by atoms with Gasteiger partial charge in [0.2, 0.25) is 0 Å². The van der Waals surface area contributed by atoms with E-state index >= 15 is 0 Å². The lowest BCUT2D eigenvalue weighted by Gasteiger charge is -2.09. The molecule has 0 bridgehead atoms. The molecule has 3 heteroatoms. The van der Waals surface area contributed by atoms with E-state index in [9.17, 15) is 0 Å². The van der Waals surface area contributed by atoms with Crippen molar-refractivity contribution in [2.24, 2.45) is 0 Å². The van der Waals surface area contributed by atoms with Crippen molar-refractivity contribution in [2.75, 3.05) is 0 Å². The zero-order valence-corrected chi connectivity index (χ0v) is 12.3. The number of furan rings is 1. The van der Waals surface area contributed by atoms with E-state index in [-0.39, 0.29) is 0 Å². The predicted molar refractivity (Wildman–Crippen MR) is 84.1 cm³/mol. The van der Waals surface area contributed by atoms with Crippen LogP contribution in [0.3, 0.4) is 0 Å². The van der Waals surface area contributed by atoms with Crippen molar-refractivity contribution in [2.45, 2.75) is 39.0 Å². The third-order valence-electron chi connectivity index (χ3n) is 3.62. The first-order valence-corrected chi connectivity index (χ1v) is 7.50. The summed E-state index contributed by atoms with van der Waals surface area (Å²) in [5.41, 5.74) is 2.27. The Labute approximate surface area is 125 Å². The normalized spacial score (nSPS) is 14.7. The van der Waals surface area contributed by atoms with Gasteiger partial charge in [-0.25, -0.2) is 0 Å². The lowest BCUT2D eigenvalue weighted by molar-refractivity contribution is 0.267. The molecule has 110 valence electrons. The van der Waals surface area contributed by atoms with Crippen LogP contribution in [0.2, 0.25) is 0 Å². The van der Waals surface area contributed by atoms with Gasteiger partial charge in [0.15, 0.2) is 0 Å². The highest BCUT2D eigenvalue weighted by Gasteiger charge is 2.21. The molecule has 2 aromatic rings. The molecule has 0 unspecified atom stereocenters. The lowest BCUT2D eigenvalue weighted by atomic mass is 10.2. The Bertz CT molecular complexity index is 611. The zero-order chi connectivity index (χ0) is 14.5. The number of benzene rings is 1. The molecule has 21 heavy (non-hydrogen) atoms. The van der Waals surface area contributed by atoms with E-state index in [0.717, 1.165) is 23.6 Å². The van der Waals surface area contributed by atoms with Crippen molar-refractivity contribution in [3.05, 3.63) is 59.6 Å². The Hall–Kier alpha value is -2.00. The molecular formula is C18H21NO2. The second-order valence-corrected chi connectivity index (χ2v) is 5.35. The molecule has 1 aromatic carbocycles. The quantitative estimate of drug-likeness (QED) is 0.829. The molecule has 1 heterocycles. The molecule has 1 saturated carbocycles. The highest BCUT2D eigenvalue weighted by molar-refractivity contribution is 5.56. The number of nitrogens with one attached hydrogen (secondary N) is 1. The Morgan fingerprint density at radius 3 is 2.95 bits per heavy atom. The monoisotopic (exact) mass is 283 g/mol. The minimum atomic E-state index is 0.462. The minimum absolute atomic E-state index is 0.462. The summed E-state index contributed by atoms with van der Waals surface area (Å²) < 4.78 is 11.5. The van der Waals surface area contributed by atoms with E-state index in [1.165, 1.54) is 18.4 Å². The van der Waals surface area contributed by atoms with Crippen LogP contribution in [-0.4, -0.2) is 6.04 Å². The average Bonchev–Trinajstić information content (AvgIpc) is 3.23. The van der Waals surface area contributed by atoms with Gasteiger partial charge < -0.3 is 14.5 Å². The number of hydrogen-bond acceptors (Lipinski definition) is 3. The van der Waals surface area contributed by atoms with Crippen molar-refractivity contribution >= 4 is 6.08 Å². The smallest absolute Gasteiger partial charge is 0.146 e. The van der Waals surface area contributed by atoms with Crippen molar-refractivity contribution in [3.63, 3.8) is 0 Å². The maximum atomic E-state index is 5.92. The lowest BCUT2D eigenvalue weighted by Crippen LogP contribution is -2.16. The predicted octanol–water partition coefficient (Wildman–Crippen LogP) is 4.14. The molecule has 1 aliphatic rings. The molecular weight excluding hydrogens is 262 g/mol. The Morgan fingerprint density at radius 2 is 2.14 bits per heavy atom. The van der Waals surface area contributed by atoms with E-state index < -0.39 is 0 Å². The topological polar surface area (TPSA) is 34.4 Å². The molecule has 0 radical (unpaired) electrons. The van der Waals surface area contributed by atoms with Crippen LogP contribution in [0.1, 0.15) is 36.7 Å². The maximum Gasteiger partial charge on any atom is 0.146 e. The van der Waals surface area contributed by atoms with Gasteiger partial charge in [-0.1, -0.05) is 30.4 Å². The van der Waals surface area contributed by atoms with E-state index in [1.807, 2.05) is 49.4 Å². The summed E-state index contributed by atoms with van der Waals surface area (Å²) in [7, 11) is 0. The first-order chi connectivity index (χ1) is 10.4. The first-order valence-electron chi connectivity index (χ1n) is 7.50. The Balaban J connectivity index is 1.63. The highest BCUT2D eigenvalue weighted by Crippen LogP contribution is 2.23. The molecule has 1 aliphatic carbocycles. The van der Waals surface area contributed by atoms with Gasteiger partial charge in [-0.15, -0.1) is 0 Å². The summed E-state index contributed by atoms with van der Waals surface area (Å²) in [6.07, 6.45) is 8.38. The van der Waals surface area contributed by atoms with E-state index in [1.54, 1.807) is 6.26 Å². The summed E-state index contributed by atoms with van der Waals surface area (Å²) in [6.45, 7) is 3.32. The molecule has 1 fully saturated rings. The van der Waals surface area contributed by atoms with Gasteiger partial charge in [-0.3, -0.25) is 0 Å². The van der Waals surface area contributed by atoms with Crippen molar-refractivity contribution in [3.8, 4) is 5.75 Å². The fraction of sp³-hybridized carbons (Fsp3) is 0.333. The Morgan fingerprint density at radius 1 is 1.29 bits per heavy atom. The summed E-state index contributed by atoms with van der Waals surface area (Å²) in [6, 6.07) is 10.8. The zero-order valence-electron chi connectivity index (χ0n) is 12.3. The van der Waals surface area contributed by atoms with Crippen molar-refractivity contribution in [1.82, 2.24) is 5.32 Å². The fourth-order valence-corrected chi connectivity index (χ4v) is 2.27.